The smallest absolute Gasteiger partial charge is 0.247 e. The number of likely N-dealkylation sites (tertiary alicyclic amines) is 1. The minimum absolute atomic E-state index is 0.00262. The third-order valence-corrected chi connectivity index (χ3v) is 11.6. The first kappa shape index (κ1) is 32.2. The predicted molar refractivity (Wildman–Crippen MR) is 163 cm³/mol. The van der Waals surface area contributed by atoms with Gasteiger partial charge in [-0.3, -0.25) is 14.4 Å². The van der Waals surface area contributed by atoms with E-state index in [1.54, 1.807) is 40.6 Å². The van der Waals surface area contributed by atoms with Gasteiger partial charge in [0, 0.05) is 35.3 Å². The Hall–Kier alpha value is -1.32. The number of carbonyl (C=O) groups excluding carboxylic acids is 3. The summed E-state index contributed by atoms with van der Waals surface area (Å²) in [6.07, 6.45) is 5.65. The summed E-state index contributed by atoms with van der Waals surface area (Å²) < 4.78 is -0.750. The number of carbonyl (C=O) groups is 3. The molecule has 3 rings (SSSR count). The van der Waals surface area contributed by atoms with Gasteiger partial charge in [-0.25, -0.2) is 0 Å². The van der Waals surface area contributed by atoms with Crippen LogP contribution in [0.1, 0.15) is 67.7 Å². The van der Waals surface area contributed by atoms with Crippen LogP contribution in [0.4, 0.5) is 0 Å². The number of thioether (sulfide) groups is 1. The van der Waals surface area contributed by atoms with Gasteiger partial charge in [0.25, 0.3) is 0 Å². The van der Waals surface area contributed by atoms with Crippen molar-refractivity contribution >= 4 is 45.4 Å². The van der Waals surface area contributed by atoms with E-state index in [9.17, 15) is 19.5 Å². The van der Waals surface area contributed by atoms with Crippen molar-refractivity contribution in [2.24, 2.45) is 17.3 Å². The lowest BCUT2D eigenvalue weighted by Crippen LogP contribution is -2.61. The van der Waals surface area contributed by atoms with Crippen molar-refractivity contribution in [3.8, 4) is 0 Å². The maximum absolute atomic E-state index is 14.8. The molecule has 0 aliphatic carbocycles. The van der Waals surface area contributed by atoms with E-state index in [-0.39, 0.29) is 39.8 Å². The molecule has 1 spiro atoms. The van der Waals surface area contributed by atoms with E-state index < -0.39 is 34.2 Å². The van der Waals surface area contributed by atoms with Crippen LogP contribution in [0.2, 0.25) is 0 Å². The zero-order valence-electron chi connectivity index (χ0n) is 24.8. The Morgan fingerprint density at radius 2 is 1.82 bits per heavy atom. The quantitative estimate of drug-likeness (QED) is 0.255. The summed E-state index contributed by atoms with van der Waals surface area (Å²) in [6, 6.07) is -1.32. The number of fused-ring (bicyclic) bond motifs is 1. The Labute approximate surface area is 247 Å². The standard InChI is InChI=1S/C30H48BrN3O4S/c1-10-13-32(14-11-2)25(36)21-22-26(37)34(19(4)17-35)24(30(22)16-20(31)23(21)39-30)27(38)33(15-12-3)29(8,9)18-28(5,6)7/h10,12,19-24,35H,1,3,11,13-18H2,2,4-9H3/t19-,20?,21-,22+,23-,24?,30?/m1/s1. The van der Waals surface area contributed by atoms with E-state index in [4.69, 9.17) is 0 Å². The van der Waals surface area contributed by atoms with Crippen molar-refractivity contribution in [1.82, 2.24) is 14.7 Å². The number of aliphatic hydroxyl groups excluding tert-OH is 1. The van der Waals surface area contributed by atoms with Gasteiger partial charge in [0.05, 0.1) is 29.2 Å². The lowest BCUT2D eigenvalue weighted by Gasteiger charge is -2.46. The first-order valence-electron chi connectivity index (χ1n) is 14.2. The molecular formula is C30H48BrN3O4S. The molecule has 3 heterocycles. The molecular weight excluding hydrogens is 578 g/mol. The molecule has 0 radical (unpaired) electrons. The fraction of sp³-hybridized carbons (Fsp3) is 0.767. The second-order valence-electron chi connectivity index (χ2n) is 13.3. The van der Waals surface area contributed by atoms with Gasteiger partial charge < -0.3 is 19.8 Å². The first-order chi connectivity index (χ1) is 18.1. The highest BCUT2D eigenvalue weighted by Gasteiger charge is 2.76. The van der Waals surface area contributed by atoms with Crippen LogP contribution in [-0.2, 0) is 14.4 Å². The van der Waals surface area contributed by atoms with Crippen LogP contribution in [0.3, 0.4) is 0 Å². The third-order valence-electron chi connectivity index (χ3n) is 8.41. The summed E-state index contributed by atoms with van der Waals surface area (Å²) in [6.45, 7) is 23.3. The maximum atomic E-state index is 14.8. The number of alkyl halides is 1. The van der Waals surface area contributed by atoms with Crippen LogP contribution in [0, 0.1) is 17.3 Å². The zero-order valence-corrected chi connectivity index (χ0v) is 27.2. The summed E-state index contributed by atoms with van der Waals surface area (Å²) in [5, 5.41) is 10.1. The number of hydrogen-bond donors (Lipinski definition) is 1. The Bertz CT molecular complexity index is 982. The predicted octanol–water partition coefficient (Wildman–Crippen LogP) is 4.49. The average molecular weight is 627 g/mol. The molecule has 0 aromatic rings. The van der Waals surface area contributed by atoms with E-state index in [1.807, 2.05) is 11.8 Å². The van der Waals surface area contributed by atoms with Crippen LogP contribution in [0.25, 0.3) is 0 Å². The SMILES string of the molecule is C=CCN(CCC)C(=O)[C@H]1[C@@H]2SC3(CC2Br)C(C(=O)N(CC=C)C(C)(C)CC(C)(C)C)N([C@H](C)CO)C(=O)[C@H]13. The molecule has 3 aliphatic heterocycles. The van der Waals surface area contributed by atoms with E-state index in [2.05, 4.69) is 63.7 Å². The fourth-order valence-corrected chi connectivity index (χ4v) is 11.0. The maximum Gasteiger partial charge on any atom is 0.247 e. The second-order valence-corrected chi connectivity index (χ2v) is 16.0. The third kappa shape index (κ3) is 5.74. The Morgan fingerprint density at radius 3 is 2.33 bits per heavy atom. The summed E-state index contributed by atoms with van der Waals surface area (Å²) in [5.41, 5.74) is -0.526. The van der Waals surface area contributed by atoms with Gasteiger partial charge in [-0.1, -0.05) is 55.8 Å². The number of halogens is 1. The highest BCUT2D eigenvalue weighted by molar-refractivity contribution is 9.09. The van der Waals surface area contributed by atoms with Crippen molar-refractivity contribution in [3.05, 3.63) is 25.3 Å². The molecule has 1 N–H and O–H groups in total. The van der Waals surface area contributed by atoms with Gasteiger partial charge in [0.15, 0.2) is 0 Å². The second kappa shape index (κ2) is 11.9. The summed E-state index contributed by atoms with van der Waals surface area (Å²) >= 11 is 5.49. The van der Waals surface area contributed by atoms with Gasteiger partial charge in [0.1, 0.15) is 6.04 Å². The van der Waals surface area contributed by atoms with Crippen LogP contribution in [-0.4, -0.2) is 96.2 Å². The fourth-order valence-electron chi connectivity index (χ4n) is 7.42. The molecule has 220 valence electrons. The van der Waals surface area contributed by atoms with Crippen LogP contribution >= 0.6 is 27.7 Å². The monoisotopic (exact) mass is 625 g/mol. The van der Waals surface area contributed by atoms with Crippen molar-refractivity contribution < 1.29 is 19.5 Å². The topological polar surface area (TPSA) is 81.2 Å². The minimum Gasteiger partial charge on any atom is -0.394 e. The lowest BCUT2D eigenvalue weighted by molar-refractivity contribution is -0.149. The molecule has 7 nitrogen and oxygen atoms in total. The molecule has 3 unspecified atom stereocenters. The zero-order chi connectivity index (χ0) is 29.5. The molecule has 3 fully saturated rings. The molecule has 3 aliphatic rings. The van der Waals surface area contributed by atoms with Gasteiger partial charge in [-0.15, -0.1) is 24.9 Å². The van der Waals surface area contributed by atoms with Crippen LogP contribution in [0.15, 0.2) is 25.3 Å². The molecule has 0 aromatic carbocycles. The molecule has 0 aromatic heterocycles. The molecule has 7 atom stereocenters. The van der Waals surface area contributed by atoms with Crippen molar-refractivity contribution in [2.45, 2.75) is 100 Å². The number of amides is 3. The molecule has 2 bridgehead atoms. The van der Waals surface area contributed by atoms with Gasteiger partial charge in [0.2, 0.25) is 17.7 Å². The normalized spacial score (nSPS) is 30.7. The van der Waals surface area contributed by atoms with Crippen molar-refractivity contribution in [3.63, 3.8) is 0 Å². The average Bonchev–Trinajstić information content (AvgIpc) is 3.42. The molecule has 9 heteroatoms. The molecule has 0 saturated carbocycles. The first-order valence-corrected chi connectivity index (χ1v) is 16.0. The Balaban J connectivity index is 2.13. The highest BCUT2D eigenvalue weighted by Crippen LogP contribution is 2.68. The number of hydrogen-bond acceptors (Lipinski definition) is 5. The van der Waals surface area contributed by atoms with E-state index in [0.717, 1.165) is 12.8 Å². The summed E-state index contributed by atoms with van der Waals surface area (Å²) in [7, 11) is 0. The molecule has 3 amide bonds. The number of aliphatic hydroxyl groups is 1. The summed E-state index contributed by atoms with van der Waals surface area (Å²) in [5.74, 6) is -1.51. The van der Waals surface area contributed by atoms with Gasteiger partial charge in [-0.2, -0.15) is 0 Å². The lowest BCUT2D eigenvalue weighted by atomic mass is 9.70. The van der Waals surface area contributed by atoms with Crippen molar-refractivity contribution in [1.29, 1.82) is 0 Å². The largest absolute Gasteiger partial charge is 0.394 e. The summed E-state index contributed by atoms with van der Waals surface area (Å²) in [4.78, 5) is 48.4. The van der Waals surface area contributed by atoms with Crippen molar-refractivity contribution in [2.75, 3.05) is 26.2 Å². The van der Waals surface area contributed by atoms with E-state index >= 15 is 0 Å². The minimum atomic E-state index is -0.775. The Kier molecular flexibility index (Phi) is 9.81. The molecule has 3 saturated heterocycles. The van der Waals surface area contributed by atoms with Gasteiger partial charge >= 0.3 is 0 Å². The van der Waals surface area contributed by atoms with E-state index in [1.165, 1.54) is 0 Å². The van der Waals surface area contributed by atoms with E-state index in [0.29, 0.717) is 26.1 Å². The van der Waals surface area contributed by atoms with Crippen LogP contribution in [0.5, 0.6) is 0 Å². The van der Waals surface area contributed by atoms with Crippen LogP contribution < -0.4 is 0 Å². The number of rotatable bonds is 12. The van der Waals surface area contributed by atoms with Gasteiger partial charge in [-0.05, 0) is 45.4 Å². The molecule has 39 heavy (non-hydrogen) atoms. The Morgan fingerprint density at radius 1 is 1.21 bits per heavy atom. The highest BCUT2D eigenvalue weighted by atomic mass is 79.9. The number of nitrogens with zero attached hydrogens (tertiary/aromatic N) is 3.